The maximum atomic E-state index is 12.4. The highest BCUT2D eigenvalue weighted by atomic mass is 32.1. The summed E-state index contributed by atoms with van der Waals surface area (Å²) in [6.45, 7) is 3.92. The van der Waals surface area contributed by atoms with Crippen molar-refractivity contribution in [2.45, 2.75) is 58.4 Å². The van der Waals surface area contributed by atoms with E-state index in [0.29, 0.717) is 17.2 Å². The van der Waals surface area contributed by atoms with Gasteiger partial charge in [-0.2, -0.15) is 0 Å². The van der Waals surface area contributed by atoms with Crippen molar-refractivity contribution in [2.75, 3.05) is 6.61 Å². The lowest BCUT2D eigenvalue weighted by Gasteiger charge is -2.30. The minimum Gasteiger partial charge on any atom is -0.396 e. The number of thiazole rings is 1. The molecule has 1 aliphatic rings. The van der Waals surface area contributed by atoms with Crippen LogP contribution in [0.1, 0.15) is 58.9 Å². The summed E-state index contributed by atoms with van der Waals surface area (Å²) in [5.41, 5.74) is 0.802. The molecule has 2 rings (SSSR count). The molecule has 1 aromatic rings. The van der Waals surface area contributed by atoms with Crippen LogP contribution in [-0.4, -0.2) is 28.6 Å². The van der Waals surface area contributed by atoms with Crippen LogP contribution in [0.2, 0.25) is 0 Å². The predicted octanol–water partition coefficient (Wildman–Crippen LogP) is 2.82. The number of nitrogens with one attached hydrogen (secondary N) is 1. The van der Waals surface area contributed by atoms with E-state index in [2.05, 4.69) is 10.3 Å². The fourth-order valence-electron chi connectivity index (χ4n) is 3.08. The van der Waals surface area contributed by atoms with Crippen molar-refractivity contribution < 1.29 is 9.90 Å². The van der Waals surface area contributed by atoms with Gasteiger partial charge >= 0.3 is 0 Å². The van der Waals surface area contributed by atoms with Gasteiger partial charge in [0.25, 0.3) is 5.91 Å². The summed E-state index contributed by atoms with van der Waals surface area (Å²) in [7, 11) is 0. The van der Waals surface area contributed by atoms with E-state index >= 15 is 0 Å². The highest BCUT2D eigenvalue weighted by Gasteiger charge is 2.26. The van der Waals surface area contributed by atoms with Crippen LogP contribution < -0.4 is 5.32 Å². The predicted molar refractivity (Wildman–Crippen MR) is 81.1 cm³/mol. The Morgan fingerprint density at radius 1 is 1.40 bits per heavy atom. The number of hydrogen-bond acceptors (Lipinski definition) is 4. The van der Waals surface area contributed by atoms with Crippen LogP contribution in [0.5, 0.6) is 0 Å². The molecule has 0 spiro atoms. The van der Waals surface area contributed by atoms with Crippen LogP contribution >= 0.6 is 11.3 Å². The molecule has 0 radical (unpaired) electrons. The number of amides is 1. The summed E-state index contributed by atoms with van der Waals surface area (Å²) >= 11 is 1.44. The number of carbonyl (C=O) groups is 1. The normalized spacial score (nSPS) is 17.9. The molecule has 1 fully saturated rings. The van der Waals surface area contributed by atoms with Crippen LogP contribution in [0.3, 0.4) is 0 Å². The molecule has 0 bridgehead atoms. The first-order chi connectivity index (χ1) is 9.61. The van der Waals surface area contributed by atoms with E-state index in [-0.39, 0.29) is 18.6 Å². The number of carbonyl (C=O) groups excluding carboxylic acids is 1. The van der Waals surface area contributed by atoms with E-state index in [1.807, 2.05) is 13.8 Å². The van der Waals surface area contributed by atoms with E-state index < -0.39 is 0 Å². The highest BCUT2D eigenvalue weighted by molar-refractivity contribution is 7.13. The minimum atomic E-state index is -0.0304. The summed E-state index contributed by atoms with van der Waals surface area (Å²) in [6.07, 6.45) is 6.73. The summed E-state index contributed by atoms with van der Waals surface area (Å²) < 4.78 is 0. The maximum absolute atomic E-state index is 12.4. The molecule has 2 N–H and O–H groups in total. The zero-order valence-electron chi connectivity index (χ0n) is 12.3. The van der Waals surface area contributed by atoms with Crippen LogP contribution in [0.25, 0.3) is 0 Å². The molecule has 1 saturated carbocycles. The van der Waals surface area contributed by atoms with E-state index in [1.165, 1.54) is 30.6 Å². The van der Waals surface area contributed by atoms with Gasteiger partial charge in [-0.15, -0.1) is 11.3 Å². The fourth-order valence-corrected chi connectivity index (χ4v) is 3.90. The van der Waals surface area contributed by atoms with Crippen LogP contribution in [0.4, 0.5) is 0 Å². The summed E-state index contributed by atoms with van der Waals surface area (Å²) in [5, 5.41) is 13.3. The Morgan fingerprint density at radius 3 is 2.65 bits per heavy atom. The van der Waals surface area contributed by atoms with Gasteiger partial charge in [0, 0.05) is 12.6 Å². The third-order valence-corrected chi connectivity index (χ3v) is 5.16. The van der Waals surface area contributed by atoms with Gasteiger partial charge in [0.05, 0.1) is 10.7 Å². The molecule has 1 heterocycles. The average molecular weight is 296 g/mol. The van der Waals surface area contributed by atoms with Gasteiger partial charge in [0.2, 0.25) is 0 Å². The van der Waals surface area contributed by atoms with Crippen molar-refractivity contribution in [2.24, 2.45) is 5.92 Å². The van der Waals surface area contributed by atoms with Gasteiger partial charge in [-0.25, -0.2) is 4.98 Å². The van der Waals surface area contributed by atoms with Crippen molar-refractivity contribution >= 4 is 17.2 Å². The Labute approximate surface area is 124 Å². The summed E-state index contributed by atoms with van der Waals surface area (Å²) in [4.78, 5) is 17.4. The molecule has 1 unspecified atom stereocenters. The molecule has 0 aromatic carbocycles. The highest BCUT2D eigenvalue weighted by Crippen LogP contribution is 2.28. The molecule has 20 heavy (non-hydrogen) atoms. The van der Waals surface area contributed by atoms with E-state index in [0.717, 1.165) is 23.5 Å². The summed E-state index contributed by atoms with van der Waals surface area (Å²) in [6, 6.07) is 0.0922. The van der Waals surface area contributed by atoms with Gasteiger partial charge < -0.3 is 10.4 Å². The second-order valence-electron chi connectivity index (χ2n) is 5.64. The molecule has 112 valence electrons. The third kappa shape index (κ3) is 3.79. The van der Waals surface area contributed by atoms with Crippen LogP contribution in [0, 0.1) is 19.8 Å². The molecular formula is C15H24N2O2S. The van der Waals surface area contributed by atoms with Gasteiger partial charge in [-0.1, -0.05) is 19.3 Å². The largest absolute Gasteiger partial charge is 0.396 e. The Bertz CT molecular complexity index is 453. The van der Waals surface area contributed by atoms with Gasteiger partial charge in [-0.3, -0.25) is 4.79 Å². The van der Waals surface area contributed by atoms with Crippen molar-refractivity contribution in [3.05, 3.63) is 15.6 Å². The van der Waals surface area contributed by atoms with E-state index in [9.17, 15) is 9.90 Å². The number of aromatic nitrogens is 1. The lowest BCUT2D eigenvalue weighted by atomic mass is 9.82. The molecular weight excluding hydrogens is 272 g/mol. The van der Waals surface area contributed by atoms with E-state index in [1.54, 1.807) is 0 Å². The van der Waals surface area contributed by atoms with Crippen molar-refractivity contribution in [3.63, 3.8) is 0 Å². The second kappa shape index (κ2) is 7.18. The Balaban J connectivity index is 2.03. The maximum Gasteiger partial charge on any atom is 0.263 e. The van der Waals surface area contributed by atoms with Crippen LogP contribution in [0.15, 0.2) is 0 Å². The first-order valence-corrected chi connectivity index (χ1v) is 8.29. The van der Waals surface area contributed by atoms with Crippen molar-refractivity contribution in [1.29, 1.82) is 0 Å². The molecule has 5 heteroatoms. The molecule has 1 amide bonds. The van der Waals surface area contributed by atoms with Gasteiger partial charge in [0.1, 0.15) is 4.88 Å². The zero-order chi connectivity index (χ0) is 14.5. The number of hydrogen-bond donors (Lipinski definition) is 2. The number of nitrogens with zero attached hydrogens (tertiary/aromatic N) is 1. The standard InChI is InChI=1S/C15H24N2O2S/c1-10-14(20-11(2)16-10)15(19)17-13(8-9-18)12-6-4-3-5-7-12/h12-13,18H,3-9H2,1-2H3,(H,17,19). The average Bonchev–Trinajstić information content (AvgIpc) is 2.78. The molecule has 0 aliphatic heterocycles. The number of aliphatic hydroxyl groups is 1. The second-order valence-corrected chi connectivity index (χ2v) is 6.84. The lowest BCUT2D eigenvalue weighted by molar-refractivity contribution is 0.0903. The quantitative estimate of drug-likeness (QED) is 0.878. The number of rotatable bonds is 5. The number of aliphatic hydroxyl groups excluding tert-OH is 1. The Hall–Kier alpha value is -0.940. The monoisotopic (exact) mass is 296 g/mol. The topological polar surface area (TPSA) is 62.2 Å². The zero-order valence-corrected chi connectivity index (χ0v) is 13.1. The first-order valence-electron chi connectivity index (χ1n) is 7.47. The SMILES string of the molecule is Cc1nc(C)c(C(=O)NC(CCO)C2CCCCC2)s1. The lowest BCUT2D eigenvalue weighted by Crippen LogP contribution is -2.41. The minimum absolute atomic E-state index is 0.0304. The summed E-state index contributed by atoms with van der Waals surface area (Å²) in [5.74, 6) is 0.478. The van der Waals surface area contributed by atoms with E-state index in [4.69, 9.17) is 0 Å². The Kier molecular flexibility index (Phi) is 5.54. The molecule has 4 nitrogen and oxygen atoms in total. The molecule has 1 atom stereocenters. The fraction of sp³-hybridized carbons (Fsp3) is 0.733. The van der Waals surface area contributed by atoms with Crippen molar-refractivity contribution in [1.82, 2.24) is 10.3 Å². The number of aryl methyl sites for hydroxylation is 2. The molecule has 1 aliphatic carbocycles. The van der Waals surface area contributed by atoms with Crippen molar-refractivity contribution in [3.8, 4) is 0 Å². The molecule has 1 aromatic heterocycles. The smallest absolute Gasteiger partial charge is 0.263 e. The Morgan fingerprint density at radius 2 is 2.10 bits per heavy atom. The first kappa shape index (κ1) is 15.4. The van der Waals surface area contributed by atoms with Gasteiger partial charge in [-0.05, 0) is 39.0 Å². The third-order valence-electron chi connectivity index (χ3n) is 4.09. The van der Waals surface area contributed by atoms with Crippen LogP contribution in [-0.2, 0) is 0 Å². The molecule has 0 saturated heterocycles. The van der Waals surface area contributed by atoms with Gasteiger partial charge in [0.15, 0.2) is 0 Å².